The van der Waals surface area contributed by atoms with Crippen molar-refractivity contribution in [2.75, 3.05) is 19.6 Å². The van der Waals surface area contributed by atoms with Crippen molar-refractivity contribution in [2.24, 2.45) is 11.7 Å². The van der Waals surface area contributed by atoms with Gasteiger partial charge in [-0.15, -0.1) is 0 Å². The summed E-state index contributed by atoms with van der Waals surface area (Å²) in [7, 11) is 0. The van der Waals surface area contributed by atoms with Gasteiger partial charge in [-0.25, -0.2) is 13.2 Å². The molecule has 2 N–H and O–H groups in total. The largest absolute Gasteiger partial charge is 0.338 e. The lowest BCUT2D eigenvalue weighted by Gasteiger charge is -2.26. The maximum atomic E-state index is 13.9. The van der Waals surface area contributed by atoms with E-state index in [0.717, 1.165) is 12.5 Å². The minimum atomic E-state index is -1.26. The molecule has 0 aliphatic carbocycles. The van der Waals surface area contributed by atoms with Crippen molar-refractivity contribution in [3.05, 3.63) is 71.0 Å². The monoisotopic (exact) mass is 431 g/mol. The van der Waals surface area contributed by atoms with Crippen LogP contribution in [0.2, 0.25) is 0 Å². The summed E-state index contributed by atoms with van der Waals surface area (Å²) < 4.78 is 40.4. The standard InChI is InChI=1S/C23H24F3N3O2/c24-18-11-20(26)19(25)9-16(18)8-17(27)10-22(30)29-7-6-15-12-28(13-21(15)29)23(31)14-4-2-1-3-5-14/h1-5,9,11,15,17,21H,6-8,10,12-13,27H2/t15-,17?,21+/m0/s1. The predicted octanol–water partition coefficient (Wildman–Crippen LogP) is 2.74. The average Bonchev–Trinajstić information content (AvgIpc) is 3.33. The number of carbonyl (C=O) groups is 2. The van der Waals surface area contributed by atoms with E-state index in [1.54, 1.807) is 21.9 Å². The highest BCUT2D eigenvalue weighted by molar-refractivity contribution is 5.94. The number of fused-ring (bicyclic) bond motifs is 1. The third-order valence-corrected chi connectivity index (χ3v) is 6.18. The topological polar surface area (TPSA) is 66.6 Å². The minimum absolute atomic E-state index is 0.0334. The second-order valence-corrected chi connectivity index (χ2v) is 8.31. The summed E-state index contributed by atoms with van der Waals surface area (Å²) in [5, 5.41) is 0. The minimum Gasteiger partial charge on any atom is -0.338 e. The van der Waals surface area contributed by atoms with Crippen LogP contribution in [0.15, 0.2) is 42.5 Å². The first-order valence-electron chi connectivity index (χ1n) is 10.4. The Bertz CT molecular complexity index is 986. The van der Waals surface area contributed by atoms with Crippen molar-refractivity contribution >= 4 is 11.8 Å². The van der Waals surface area contributed by atoms with Gasteiger partial charge in [0, 0.05) is 49.6 Å². The van der Waals surface area contributed by atoms with Gasteiger partial charge in [-0.2, -0.15) is 0 Å². The van der Waals surface area contributed by atoms with Gasteiger partial charge in [-0.05, 0) is 36.6 Å². The molecule has 0 aromatic heterocycles. The first-order chi connectivity index (χ1) is 14.8. The third-order valence-electron chi connectivity index (χ3n) is 6.18. The Morgan fingerprint density at radius 1 is 1.03 bits per heavy atom. The fraction of sp³-hybridized carbons (Fsp3) is 0.391. The van der Waals surface area contributed by atoms with Gasteiger partial charge >= 0.3 is 0 Å². The summed E-state index contributed by atoms with van der Waals surface area (Å²) in [5.41, 5.74) is 6.59. The summed E-state index contributed by atoms with van der Waals surface area (Å²) in [4.78, 5) is 29.1. The fourth-order valence-electron chi connectivity index (χ4n) is 4.62. The molecule has 2 saturated heterocycles. The van der Waals surface area contributed by atoms with Gasteiger partial charge in [0.15, 0.2) is 11.6 Å². The van der Waals surface area contributed by atoms with Crippen LogP contribution in [0.5, 0.6) is 0 Å². The highest BCUT2D eigenvalue weighted by Crippen LogP contribution is 2.33. The number of carbonyl (C=O) groups excluding carboxylic acids is 2. The van der Waals surface area contributed by atoms with Crippen molar-refractivity contribution in [1.82, 2.24) is 9.80 Å². The van der Waals surface area contributed by atoms with Crippen molar-refractivity contribution in [3.8, 4) is 0 Å². The normalized spacial score (nSPS) is 21.3. The zero-order valence-electron chi connectivity index (χ0n) is 16.9. The first-order valence-corrected chi connectivity index (χ1v) is 10.4. The third kappa shape index (κ3) is 4.44. The predicted molar refractivity (Wildman–Crippen MR) is 109 cm³/mol. The van der Waals surface area contributed by atoms with E-state index in [4.69, 9.17) is 5.73 Å². The average molecular weight is 431 g/mol. The molecule has 2 heterocycles. The van der Waals surface area contributed by atoms with Crippen LogP contribution in [0, 0.1) is 23.4 Å². The lowest BCUT2D eigenvalue weighted by molar-refractivity contribution is -0.132. The van der Waals surface area contributed by atoms with Crippen molar-refractivity contribution in [3.63, 3.8) is 0 Å². The van der Waals surface area contributed by atoms with Gasteiger partial charge < -0.3 is 15.5 Å². The van der Waals surface area contributed by atoms with Crippen LogP contribution >= 0.6 is 0 Å². The van der Waals surface area contributed by atoms with Crippen LogP contribution in [-0.4, -0.2) is 53.3 Å². The zero-order chi connectivity index (χ0) is 22.1. The number of hydrogen-bond acceptors (Lipinski definition) is 3. The molecule has 2 amide bonds. The first kappa shape index (κ1) is 21.4. The van der Waals surface area contributed by atoms with Gasteiger partial charge in [-0.1, -0.05) is 18.2 Å². The summed E-state index contributed by atoms with van der Waals surface area (Å²) >= 11 is 0. The summed E-state index contributed by atoms with van der Waals surface area (Å²) in [5.74, 6) is -3.29. The number of nitrogens with zero attached hydrogens (tertiary/aromatic N) is 2. The molecule has 2 aliphatic heterocycles. The molecular weight excluding hydrogens is 407 g/mol. The van der Waals surface area contributed by atoms with Crippen molar-refractivity contribution < 1.29 is 22.8 Å². The molecule has 2 aromatic rings. The highest BCUT2D eigenvalue weighted by Gasteiger charge is 2.44. The van der Waals surface area contributed by atoms with Crippen LogP contribution in [-0.2, 0) is 11.2 Å². The molecule has 2 fully saturated rings. The number of hydrogen-bond donors (Lipinski definition) is 1. The molecule has 2 aliphatic rings. The molecule has 0 bridgehead atoms. The Morgan fingerprint density at radius 3 is 2.48 bits per heavy atom. The molecule has 8 heteroatoms. The SMILES string of the molecule is NC(CC(=O)N1CC[C@H]2CN(C(=O)c3ccccc3)C[C@H]21)Cc1cc(F)c(F)cc1F. The lowest BCUT2D eigenvalue weighted by atomic mass is 10.0. The molecule has 4 rings (SSSR count). The molecule has 0 spiro atoms. The molecule has 0 saturated carbocycles. The Balaban J connectivity index is 1.36. The summed E-state index contributed by atoms with van der Waals surface area (Å²) in [6.45, 7) is 1.67. The molecule has 5 nitrogen and oxygen atoms in total. The van der Waals surface area contributed by atoms with E-state index in [0.29, 0.717) is 31.3 Å². The zero-order valence-corrected chi connectivity index (χ0v) is 16.9. The maximum Gasteiger partial charge on any atom is 0.253 e. The van der Waals surface area contributed by atoms with E-state index in [-0.39, 0.29) is 42.2 Å². The Labute approximate surface area is 178 Å². The van der Waals surface area contributed by atoms with Crippen molar-refractivity contribution in [1.29, 1.82) is 0 Å². The highest BCUT2D eigenvalue weighted by atomic mass is 19.2. The van der Waals surface area contributed by atoms with Crippen LogP contribution in [0.25, 0.3) is 0 Å². The fourth-order valence-corrected chi connectivity index (χ4v) is 4.62. The molecule has 31 heavy (non-hydrogen) atoms. The van der Waals surface area contributed by atoms with Gasteiger partial charge in [0.25, 0.3) is 5.91 Å². The maximum absolute atomic E-state index is 13.9. The Morgan fingerprint density at radius 2 is 1.74 bits per heavy atom. The number of nitrogens with two attached hydrogens (primary N) is 1. The van der Waals surface area contributed by atoms with Crippen LogP contribution in [0.4, 0.5) is 13.2 Å². The van der Waals surface area contributed by atoms with Crippen LogP contribution < -0.4 is 5.73 Å². The number of rotatable bonds is 5. The van der Waals surface area contributed by atoms with Gasteiger partial charge in [0.2, 0.25) is 5.91 Å². The number of halogens is 3. The molecule has 2 aromatic carbocycles. The van der Waals surface area contributed by atoms with E-state index in [1.807, 2.05) is 18.2 Å². The second-order valence-electron chi connectivity index (χ2n) is 8.31. The molecule has 164 valence electrons. The smallest absolute Gasteiger partial charge is 0.253 e. The second kappa shape index (κ2) is 8.70. The van der Waals surface area contributed by atoms with Gasteiger partial charge in [0.05, 0.1) is 6.04 Å². The van der Waals surface area contributed by atoms with E-state index < -0.39 is 23.5 Å². The van der Waals surface area contributed by atoms with Gasteiger partial charge in [0.1, 0.15) is 5.82 Å². The van der Waals surface area contributed by atoms with E-state index in [1.165, 1.54) is 0 Å². The molecule has 3 atom stereocenters. The van der Waals surface area contributed by atoms with Crippen LogP contribution in [0.1, 0.15) is 28.8 Å². The Hall–Kier alpha value is -2.87. The number of benzene rings is 2. The molecular formula is C23H24F3N3O2. The lowest BCUT2D eigenvalue weighted by Crippen LogP contribution is -2.43. The van der Waals surface area contributed by atoms with E-state index >= 15 is 0 Å². The van der Waals surface area contributed by atoms with Crippen molar-refractivity contribution in [2.45, 2.75) is 31.3 Å². The number of likely N-dealkylation sites (tertiary alicyclic amines) is 2. The Kier molecular flexibility index (Phi) is 6.00. The van der Waals surface area contributed by atoms with E-state index in [2.05, 4.69) is 0 Å². The summed E-state index contributed by atoms with van der Waals surface area (Å²) in [6, 6.07) is 9.51. The summed E-state index contributed by atoms with van der Waals surface area (Å²) in [6.07, 6.45) is 0.700. The quantitative estimate of drug-likeness (QED) is 0.741. The number of amides is 2. The van der Waals surface area contributed by atoms with Gasteiger partial charge in [-0.3, -0.25) is 9.59 Å². The molecule has 0 radical (unpaired) electrons. The van der Waals surface area contributed by atoms with E-state index in [9.17, 15) is 22.8 Å². The van der Waals surface area contributed by atoms with Crippen LogP contribution in [0.3, 0.4) is 0 Å². The molecule has 1 unspecified atom stereocenters.